The van der Waals surface area contributed by atoms with Crippen LogP contribution in [0.2, 0.25) is 0 Å². The van der Waals surface area contributed by atoms with Crippen LogP contribution in [0.1, 0.15) is 13.3 Å². The fourth-order valence-electron chi connectivity index (χ4n) is 1.62. The molecule has 0 aromatic heterocycles. The van der Waals surface area contributed by atoms with Gasteiger partial charge in [-0.3, -0.25) is 9.59 Å². The number of nitrogens with zero attached hydrogens (tertiary/aromatic N) is 2. The number of rotatable bonds is 4. The Morgan fingerprint density at radius 2 is 1.62 bits per heavy atom. The highest BCUT2D eigenvalue weighted by Crippen LogP contribution is 2.14. The van der Waals surface area contributed by atoms with Crippen LogP contribution in [0, 0.1) is 0 Å². The van der Waals surface area contributed by atoms with E-state index in [2.05, 4.69) is 0 Å². The molecular formula is C8H13BF3N2O2-. The number of hydrogen-bond acceptors (Lipinski definition) is 2. The standard InChI is InChI=1S/C8H13BF3N2O2/c1-2-3-13-4-5-14(6-9(10,11)12)8(16)7(13)15/h2-6H2,1H3/q-1. The molecule has 0 atom stereocenters. The highest BCUT2D eigenvalue weighted by atomic mass is 19.4. The summed E-state index contributed by atoms with van der Waals surface area (Å²) in [5.41, 5.74) is 0. The third-order valence-electron chi connectivity index (χ3n) is 2.32. The summed E-state index contributed by atoms with van der Waals surface area (Å²) in [6.07, 6.45) is -0.604. The Labute approximate surface area is 91.4 Å². The lowest BCUT2D eigenvalue weighted by atomic mass is 9.90. The molecule has 1 aliphatic heterocycles. The summed E-state index contributed by atoms with van der Waals surface area (Å²) in [6.45, 7) is -2.67. The summed E-state index contributed by atoms with van der Waals surface area (Å²) in [5.74, 6) is -1.87. The molecule has 0 aliphatic carbocycles. The minimum absolute atomic E-state index is 0.0359. The Kier molecular flexibility index (Phi) is 3.82. The number of amides is 2. The average molecular weight is 237 g/mol. The molecule has 1 fully saturated rings. The zero-order chi connectivity index (χ0) is 12.3. The van der Waals surface area contributed by atoms with Crippen LogP contribution in [0.25, 0.3) is 0 Å². The molecule has 16 heavy (non-hydrogen) atoms. The van der Waals surface area contributed by atoms with Gasteiger partial charge in [0.25, 0.3) is 0 Å². The highest BCUT2D eigenvalue weighted by molar-refractivity contribution is 6.59. The van der Waals surface area contributed by atoms with Gasteiger partial charge >= 0.3 is 18.8 Å². The molecule has 1 aliphatic rings. The van der Waals surface area contributed by atoms with Gasteiger partial charge in [-0.15, -0.1) is 0 Å². The van der Waals surface area contributed by atoms with E-state index >= 15 is 0 Å². The second-order valence-corrected chi connectivity index (χ2v) is 3.75. The van der Waals surface area contributed by atoms with Gasteiger partial charge < -0.3 is 22.7 Å². The predicted octanol–water partition coefficient (Wildman–Crippen LogP) is 0.454. The van der Waals surface area contributed by atoms with Crippen LogP contribution in [-0.2, 0) is 9.59 Å². The Balaban J connectivity index is 2.62. The molecular weight excluding hydrogens is 224 g/mol. The van der Waals surface area contributed by atoms with Crippen molar-refractivity contribution in [1.82, 2.24) is 9.80 Å². The third-order valence-corrected chi connectivity index (χ3v) is 2.32. The molecule has 2 amide bonds. The first-order valence-corrected chi connectivity index (χ1v) is 5.14. The summed E-state index contributed by atoms with van der Waals surface area (Å²) < 4.78 is 36.4. The Morgan fingerprint density at radius 1 is 1.12 bits per heavy atom. The number of halogens is 3. The van der Waals surface area contributed by atoms with E-state index in [1.165, 1.54) is 4.90 Å². The van der Waals surface area contributed by atoms with E-state index in [9.17, 15) is 22.5 Å². The van der Waals surface area contributed by atoms with Crippen LogP contribution in [0.5, 0.6) is 0 Å². The van der Waals surface area contributed by atoms with E-state index in [4.69, 9.17) is 0 Å². The van der Waals surface area contributed by atoms with E-state index < -0.39 is 25.2 Å². The second kappa shape index (κ2) is 4.75. The highest BCUT2D eigenvalue weighted by Gasteiger charge is 2.36. The lowest BCUT2D eigenvalue weighted by molar-refractivity contribution is -0.155. The summed E-state index contributed by atoms with van der Waals surface area (Å²) in [5, 5.41) is 0. The number of carbonyl (C=O) groups is 2. The molecule has 0 aromatic rings. The molecule has 8 heteroatoms. The van der Waals surface area contributed by atoms with Crippen LogP contribution in [0.3, 0.4) is 0 Å². The van der Waals surface area contributed by atoms with Crippen LogP contribution >= 0.6 is 0 Å². The first-order valence-electron chi connectivity index (χ1n) is 5.14. The minimum Gasteiger partial charge on any atom is -0.448 e. The van der Waals surface area contributed by atoms with Crippen LogP contribution in [0.4, 0.5) is 12.9 Å². The molecule has 0 unspecified atom stereocenters. The van der Waals surface area contributed by atoms with Crippen molar-refractivity contribution in [2.75, 3.05) is 26.1 Å². The van der Waals surface area contributed by atoms with Gasteiger partial charge in [0.05, 0.1) is 0 Å². The van der Waals surface area contributed by atoms with Gasteiger partial charge in [0.2, 0.25) is 0 Å². The third kappa shape index (κ3) is 3.14. The topological polar surface area (TPSA) is 40.6 Å². The van der Waals surface area contributed by atoms with Crippen molar-refractivity contribution in [3.63, 3.8) is 0 Å². The largest absolute Gasteiger partial charge is 0.497 e. The fraction of sp³-hybridized carbons (Fsp3) is 0.750. The number of piperazine rings is 1. The molecule has 92 valence electrons. The average Bonchev–Trinajstić information content (AvgIpc) is 2.16. The summed E-state index contributed by atoms with van der Waals surface area (Å²) in [7, 11) is 0. The van der Waals surface area contributed by atoms with E-state index in [0.717, 1.165) is 0 Å². The fourth-order valence-corrected chi connectivity index (χ4v) is 1.62. The van der Waals surface area contributed by atoms with Crippen molar-refractivity contribution < 1.29 is 22.5 Å². The molecule has 0 bridgehead atoms. The maximum Gasteiger partial charge on any atom is 0.497 e. The summed E-state index contributed by atoms with van der Waals surface area (Å²) >= 11 is 0. The molecule has 1 saturated heterocycles. The van der Waals surface area contributed by atoms with Crippen molar-refractivity contribution >= 4 is 18.8 Å². The molecule has 0 aromatic carbocycles. The Hall–Kier alpha value is -1.21. The van der Waals surface area contributed by atoms with E-state index in [-0.39, 0.29) is 13.1 Å². The lowest BCUT2D eigenvalue weighted by Gasteiger charge is -2.36. The van der Waals surface area contributed by atoms with E-state index in [1.807, 2.05) is 6.92 Å². The predicted molar refractivity (Wildman–Crippen MR) is 52.5 cm³/mol. The number of carbonyl (C=O) groups excluding carboxylic acids is 2. The van der Waals surface area contributed by atoms with Crippen LogP contribution in [0.15, 0.2) is 0 Å². The quantitative estimate of drug-likeness (QED) is 0.526. The monoisotopic (exact) mass is 237 g/mol. The summed E-state index contributed by atoms with van der Waals surface area (Å²) in [6, 6.07) is 0. The maximum atomic E-state index is 12.1. The second-order valence-electron chi connectivity index (χ2n) is 3.75. The molecule has 1 rings (SSSR count). The molecule has 0 radical (unpaired) electrons. The van der Waals surface area contributed by atoms with Gasteiger partial charge in [-0.1, -0.05) is 6.92 Å². The minimum atomic E-state index is -5.07. The molecule has 0 saturated carbocycles. The zero-order valence-corrected chi connectivity index (χ0v) is 8.96. The Morgan fingerprint density at radius 3 is 2.12 bits per heavy atom. The van der Waals surface area contributed by atoms with E-state index in [0.29, 0.717) is 17.9 Å². The van der Waals surface area contributed by atoms with Crippen molar-refractivity contribution in [1.29, 1.82) is 0 Å². The maximum absolute atomic E-state index is 12.1. The van der Waals surface area contributed by atoms with Gasteiger partial charge in [-0.05, 0) is 12.9 Å². The van der Waals surface area contributed by atoms with E-state index in [1.54, 1.807) is 0 Å². The van der Waals surface area contributed by atoms with Gasteiger partial charge in [0, 0.05) is 19.6 Å². The molecule has 1 heterocycles. The Bertz CT molecular complexity index is 295. The smallest absolute Gasteiger partial charge is 0.448 e. The van der Waals surface area contributed by atoms with Crippen molar-refractivity contribution in [2.24, 2.45) is 0 Å². The molecule has 4 nitrogen and oxygen atoms in total. The molecule has 0 N–H and O–H groups in total. The molecule has 0 spiro atoms. The van der Waals surface area contributed by atoms with Crippen molar-refractivity contribution in [3.05, 3.63) is 0 Å². The van der Waals surface area contributed by atoms with Crippen LogP contribution < -0.4 is 0 Å². The number of hydrogen-bond donors (Lipinski definition) is 0. The summed E-state index contributed by atoms with van der Waals surface area (Å²) in [4.78, 5) is 24.6. The SMILES string of the molecule is CCCN1CCN(C[B-](F)(F)F)C(=O)C1=O. The normalized spacial score (nSPS) is 18.2. The zero-order valence-electron chi connectivity index (χ0n) is 8.96. The lowest BCUT2D eigenvalue weighted by Crippen LogP contribution is -2.57. The van der Waals surface area contributed by atoms with Gasteiger partial charge in [0.15, 0.2) is 0 Å². The van der Waals surface area contributed by atoms with Crippen LogP contribution in [-0.4, -0.2) is 54.7 Å². The van der Waals surface area contributed by atoms with Crippen molar-refractivity contribution in [2.45, 2.75) is 13.3 Å². The first-order chi connectivity index (χ1) is 7.35. The van der Waals surface area contributed by atoms with Gasteiger partial charge in [0.1, 0.15) is 0 Å². The van der Waals surface area contributed by atoms with Gasteiger partial charge in [-0.2, -0.15) is 0 Å². The van der Waals surface area contributed by atoms with Crippen molar-refractivity contribution in [3.8, 4) is 0 Å². The first kappa shape index (κ1) is 12.9. The van der Waals surface area contributed by atoms with Gasteiger partial charge in [-0.25, -0.2) is 0 Å².